The maximum atomic E-state index is 11.4. The van der Waals surface area contributed by atoms with Crippen molar-refractivity contribution in [3.05, 3.63) is 0 Å². The van der Waals surface area contributed by atoms with Crippen molar-refractivity contribution in [1.29, 1.82) is 0 Å². The normalized spacial score (nSPS) is 27.1. The molecule has 1 saturated carbocycles. The molecule has 0 aliphatic heterocycles. The van der Waals surface area contributed by atoms with Crippen LogP contribution in [0.4, 0.5) is 0 Å². The van der Waals surface area contributed by atoms with E-state index in [1.807, 2.05) is 13.8 Å². The fourth-order valence-corrected chi connectivity index (χ4v) is 1.20. The number of carbonyl (C=O) groups excluding carboxylic acids is 1. The number of aliphatic hydroxyl groups is 1. The van der Waals surface area contributed by atoms with E-state index >= 15 is 0 Å². The topological polar surface area (TPSA) is 49.3 Å². The average Bonchev–Trinajstić information content (AvgIpc) is 2.79. The molecule has 13 heavy (non-hydrogen) atoms. The smallest absolute Gasteiger partial charge is 0.223 e. The monoisotopic (exact) mass is 185 g/mol. The molecule has 76 valence electrons. The van der Waals surface area contributed by atoms with Crippen LogP contribution < -0.4 is 5.32 Å². The van der Waals surface area contributed by atoms with Crippen LogP contribution >= 0.6 is 0 Å². The summed E-state index contributed by atoms with van der Waals surface area (Å²) in [7, 11) is 0. The highest BCUT2D eigenvalue weighted by Crippen LogP contribution is 2.37. The predicted octanol–water partition coefficient (Wildman–Crippen LogP) is 0.777. The maximum absolute atomic E-state index is 11.4. The molecule has 3 nitrogen and oxygen atoms in total. The maximum Gasteiger partial charge on any atom is 0.223 e. The van der Waals surface area contributed by atoms with Crippen molar-refractivity contribution in [2.45, 2.75) is 27.2 Å². The third-order valence-corrected chi connectivity index (χ3v) is 2.62. The summed E-state index contributed by atoms with van der Waals surface area (Å²) in [6.07, 6.45) is 1.02. The van der Waals surface area contributed by atoms with E-state index in [1.54, 1.807) is 0 Å². The van der Waals surface area contributed by atoms with Crippen LogP contribution in [0.2, 0.25) is 0 Å². The molecule has 1 aliphatic rings. The lowest BCUT2D eigenvalue weighted by molar-refractivity contribution is -0.123. The van der Waals surface area contributed by atoms with Gasteiger partial charge in [0.05, 0.1) is 0 Å². The van der Waals surface area contributed by atoms with E-state index in [4.69, 9.17) is 5.11 Å². The summed E-state index contributed by atoms with van der Waals surface area (Å²) >= 11 is 0. The van der Waals surface area contributed by atoms with E-state index < -0.39 is 0 Å². The van der Waals surface area contributed by atoms with Crippen molar-refractivity contribution < 1.29 is 9.90 Å². The van der Waals surface area contributed by atoms with E-state index in [9.17, 15) is 4.79 Å². The molecule has 0 aromatic carbocycles. The highest BCUT2D eigenvalue weighted by molar-refractivity contribution is 5.81. The number of aliphatic hydroxyl groups excluding tert-OH is 1. The first kappa shape index (κ1) is 10.5. The van der Waals surface area contributed by atoms with Gasteiger partial charge in [0.2, 0.25) is 5.91 Å². The molecule has 2 N–H and O–H groups in total. The minimum atomic E-state index is -0.201. The molecule has 1 rings (SSSR count). The molecular weight excluding hydrogens is 166 g/mol. The second-order valence-corrected chi connectivity index (χ2v) is 4.86. The van der Waals surface area contributed by atoms with Crippen LogP contribution in [0.3, 0.4) is 0 Å². The molecule has 1 fully saturated rings. The van der Waals surface area contributed by atoms with Gasteiger partial charge in [0.1, 0.15) is 0 Å². The summed E-state index contributed by atoms with van der Waals surface area (Å²) < 4.78 is 0. The predicted molar refractivity (Wildman–Crippen MR) is 51.1 cm³/mol. The van der Waals surface area contributed by atoms with Crippen molar-refractivity contribution in [1.82, 2.24) is 5.32 Å². The molecule has 0 bridgehead atoms. The van der Waals surface area contributed by atoms with Crippen molar-refractivity contribution in [2.75, 3.05) is 13.2 Å². The molecule has 1 aliphatic carbocycles. The van der Waals surface area contributed by atoms with Crippen LogP contribution in [0.25, 0.3) is 0 Å². The van der Waals surface area contributed by atoms with Crippen molar-refractivity contribution >= 4 is 5.91 Å². The van der Waals surface area contributed by atoms with Crippen LogP contribution in [-0.4, -0.2) is 24.2 Å². The first-order valence-electron chi connectivity index (χ1n) is 4.85. The quantitative estimate of drug-likeness (QED) is 0.680. The molecule has 1 amide bonds. The number of hydrogen-bond acceptors (Lipinski definition) is 2. The minimum absolute atomic E-state index is 0.105. The first-order valence-corrected chi connectivity index (χ1v) is 4.85. The van der Waals surface area contributed by atoms with Crippen molar-refractivity contribution in [3.8, 4) is 0 Å². The van der Waals surface area contributed by atoms with E-state index in [1.165, 1.54) is 0 Å². The van der Waals surface area contributed by atoms with Gasteiger partial charge in [0, 0.05) is 24.5 Å². The van der Waals surface area contributed by atoms with Gasteiger partial charge >= 0.3 is 0 Å². The first-order chi connectivity index (χ1) is 5.96. The zero-order valence-corrected chi connectivity index (χ0v) is 8.63. The molecule has 2 atom stereocenters. The Kier molecular flexibility index (Phi) is 2.96. The van der Waals surface area contributed by atoms with Crippen LogP contribution in [0.15, 0.2) is 0 Å². The summed E-state index contributed by atoms with van der Waals surface area (Å²) in [5.74, 6) is 0.931. The molecule has 0 aromatic rings. The fraction of sp³-hybridized carbons (Fsp3) is 0.900. The molecule has 3 heteroatoms. The van der Waals surface area contributed by atoms with Crippen LogP contribution in [0.5, 0.6) is 0 Å². The van der Waals surface area contributed by atoms with Gasteiger partial charge in [-0.05, 0) is 12.3 Å². The second kappa shape index (κ2) is 3.66. The Labute approximate surface area is 79.5 Å². The van der Waals surface area contributed by atoms with Gasteiger partial charge in [0.25, 0.3) is 0 Å². The van der Waals surface area contributed by atoms with E-state index in [2.05, 4.69) is 12.2 Å². The Morgan fingerprint density at radius 3 is 2.54 bits per heavy atom. The number of nitrogens with one attached hydrogen (secondary N) is 1. The van der Waals surface area contributed by atoms with E-state index in [0.717, 1.165) is 6.42 Å². The molecule has 2 unspecified atom stereocenters. The van der Waals surface area contributed by atoms with Gasteiger partial charge in [-0.2, -0.15) is 0 Å². The van der Waals surface area contributed by atoms with Gasteiger partial charge in [0.15, 0.2) is 0 Å². The molecular formula is C10H19NO2. The van der Waals surface area contributed by atoms with Gasteiger partial charge in [-0.25, -0.2) is 0 Å². The van der Waals surface area contributed by atoms with Gasteiger partial charge in [-0.3, -0.25) is 4.79 Å². The van der Waals surface area contributed by atoms with Crippen molar-refractivity contribution in [3.63, 3.8) is 0 Å². The van der Waals surface area contributed by atoms with Crippen LogP contribution in [-0.2, 0) is 4.79 Å². The molecule has 0 saturated heterocycles. The number of amides is 1. The summed E-state index contributed by atoms with van der Waals surface area (Å²) in [5, 5.41) is 11.8. The Balaban J connectivity index is 2.22. The summed E-state index contributed by atoms with van der Waals surface area (Å²) in [5.41, 5.74) is -0.201. The van der Waals surface area contributed by atoms with Crippen LogP contribution in [0, 0.1) is 17.3 Å². The number of rotatable bonds is 4. The zero-order valence-electron chi connectivity index (χ0n) is 8.63. The van der Waals surface area contributed by atoms with Gasteiger partial charge < -0.3 is 10.4 Å². The molecule has 0 aromatic heterocycles. The summed E-state index contributed by atoms with van der Waals surface area (Å²) in [6, 6.07) is 0. The van der Waals surface area contributed by atoms with Gasteiger partial charge in [-0.1, -0.05) is 20.8 Å². The Bertz CT molecular complexity index is 201. The zero-order chi connectivity index (χ0) is 10.1. The second-order valence-electron chi connectivity index (χ2n) is 4.86. The molecule has 0 spiro atoms. The standard InChI is InChI=1S/C10H19NO2/c1-7-4-8(7)9(13)11-5-10(2,3)6-12/h7-8,12H,4-6H2,1-3H3,(H,11,13). The molecule has 0 radical (unpaired) electrons. The third kappa shape index (κ3) is 2.99. The lowest BCUT2D eigenvalue weighted by Crippen LogP contribution is -2.37. The lowest BCUT2D eigenvalue weighted by Gasteiger charge is -2.21. The lowest BCUT2D eigenvalue weighted by atomic mass is 9.95. The Morgan fingerprint density at radius 2 is 2.15 bits per heavy atom. The van der Waals surface area contributed by atoms with Gasteiger partial charge in [-0.15, -0.1) is 0 Å². The number of hydrogen-bond donors (Lipinski definition) is 2. The average molecular weight is 185 g/mol. The Hall–Kier alpha value is -0.570. The SMILES string of the molecule is CC1CC1C(=O)NCC(C)(C)CO. The van der Waals surface area contributed by atoms with E-state index in [-0.39, 0.29) is 23.8 Å². The van der Waals surface area contributed by atoms with Crippen molar-refractivity contribution in [2.24, 2.45) is 17.3 Å². The summed E-state index contributed by atoms with van der Waals surface area (Å²) in [4.78, 5) is 11.4. The highest BCUT2D eigenvalue weighted by atomic mass is 16.3. The van der Waals surface area contributed by atoms with Crippen LogP contribution in [0.1, 0.15) is 27.2 Å². The molecule has 0 heterocycles. The largest absolute Gasteiger partial charge is 0.396 e. The third-order valence-electron chi connectivity index (χ3n) is 2.62. The van der Waals surface area contributed by atoms with E-state index in [0.29, 0.717) is 12.5 Å². The fourth-order valence-electron chi connectivity index (χ4n) is 1.20. The number of carbonyl (C=O) groups is 1. The minimum Gasteiger partial charge on any atom is -0.396 e. The highest BCUT2D eigenvalue weighted by Gasteiger charge is 2.39. The summed E-state index contributed by atoms with van der Waals surface area (Å²) in [6.45, 7) is 6.62. The Morgan fingerprint density at radius 1 is 1.62 bits per heavy atom.